The van der Waals surface area contributed by atoms with Crippen LogP contribution in [-0.4, -0.2) is 34.9 Å². The first kappa shape index (κ1) is 17.5. The Morgan fingerprint density at radius 3 is 2.40 bits per heavy atom. The van der Waals surface area contributed by atoms with E-state index in [1.54, 1.807) is 25.1 Å². The summed E-state index contributed by atoms with van der Waals surface area (Å²) >= 11 is 11.1. The first-order chi connectivity index (χ1) is 12.0. The minimum Gasteiger partial charge on any atom is -0.488 e. The van der Waals surface area contributed by atoms with E-state index in [-0.39, 0.29) is 5.91 Å². The number of ether oxygens (including phenoxy) is 1. The van der Waals surface area contributed by atoms with Gasteiger partial charge in [0.25, 0.3) is 5.91 Å². The molecule has 0 aromatic heterocycles. The van der Waals surface area contributed by atoms with Crippen molar-refractivity contribution in [2.75, 3.05) is 14.1 Å². The zero-order chi connectivity index (χ0) is 18.0. The molecule has 1 aliphatic rings. The van der Waals surface area contributed by atoms with Gasteiger partial charge < -0.3 is 9.64 Å². The Hall–Kier alpha value is -2.37. The number of carbonyl (C=O) groups is 1. The molecule has 0 unspecified atom stereocenters. The molecule has 1 aliphatic heterocycles. The van der Waals surface area contributed by atoms with E-state index in [4.69, 9.17) is 28.6 Å². The molecule has 1 heterocycles. The third-order valence-corrected chi connectivity index (χ3v) is 4.78. The Bertz CT molecular complexity index is 849. The first-order valence-electron chi connectivity index (χ1n) is 7.71. The topological polar surface area (TPSA) is 32.8 Å². The SMILES string of the molecule is CN1C(=O)/C(=C\c2ccccc2OCc2ccc(Cl)cc2)N(C)C1=S. The standard InChI is InChI=1S/C19H17ClN2O2S/c1-21-16(18(23)22(2)19(21)25)11-14-5-3-4-6-17(14)24-12-13-7-9-15(20)10-8-13/h3-11H,12H2,1-2H3/b16-11+. The summed E-state index contributed by atoms with van der Waals surface area (Å²) in [6.07, 6.45) is 1.80. The number of halogens is 1. The highest BCUT2D eigenvalue weighted by Gasteiger charge is 2.32. The van der Waals surface area contributed by atoms with Crippen molar-refractivity contribution in [3.05, 3.63) is 70.4 Å². The van der Waals surface area contributed by atoms with E-state index in [1.165, 1.54) is 4.90 Å². The van der Waals surface area contributed by atoms with Crippen molar-refractivity contribution in [1.29, 1.82) is 0 Å². The third-order valence-electron chi connectivity index (χ3n) is 3.98. The van der Waals surface area contributed by atoms with Gasteiger partial charge in [-0.25, -0.2) is 0 Å². The van der Waals surface area contributed by atoms with Gasteiger partial charge >= 0.3 is 0 Å². The lowest BCUT2D eigenvalue weighted by Crippen LogP contribution is -2.26. The third kappa shape index (κ3) is 3.67. The second kappa shape index (κ2) is 7.25. The Balaban J connectivity index is 1.84. The number of likely N-dealkylation sites (N-methyl/N-ethyl adjacent to an activating group) is 2. The number of hydrogen-bond donors (Lipinski definition) is 0. The smallest absolute Gasteiger partial charge is 0.276 e. The maximum Gasteiger partial charge on any atom is 0.276 e. The van der Waals surface area contributed by atoms with E-state index in [9.17, 15) is 4.79 Å². The summed E-state index contributed by atoms with van der Waals surface area (Å²) in [4.78, 5) is 15.5. The summed E-state index contributed by atoms with van der Waals surface area (Å²) in [5, 5.41) is 1.17. The molecule has 0 radical (unpaired) electrons. The minimum absolute atomic E-state index is 0.125. The predicted molar refractivity (Wildman–Crippen MR) is 103 cm³/mol. The van der Waals surface area contributed by atoms with Gasteiger partial charge in [-0.05, 0) is 42.1 Å². The summed E-state index contributed by atoms with van der Waals surface area (Å²) in [6.45, 7) is 0.416. The average molecular weight is 373 g/mol. The van der Waals surface area contributed by atoms with Crippen molar-refractivity contribution >= 4 is 40.9 Å². The highest BCUT2D eigenvalue weighted by Crippen LogP contribution is 2.26. The number of para-hydroxylation sites is 1. The van der Waals surface area contributed by atoms with Crippen LogP contribution in [0.1, 0.15) is 11.1 Å². The first-order valence-corrected chi connectivity index (χ1v) is 8.49. The normalized spacial score (nSPS) is 16.0. The molecule has 2 aromatic rings. The minimum atomic E-state index is -0.125. The van der Waals surface area contributed by atoms with Crippen molar-refractivity contribution in [2.24, 2.45) is 0 Å². The fourth-order valence-electron chi connectivity index (χ4n) is 2.51. The molecule has 0 spiro atoms. The van der Waals surface area contributed by atoms with E-state index in [1.807, 2.05) is 48.5 Å². The second-order valence-electron chi connectivity index (χ2n) is 5.69. The summed E-state index contributed by atoms with van der Waals surface area (Å²) in [6, 6.07) is 15.1. The van der Waals surface area contributed by atoms with E-state index in [2.05, 4.69) is 0 Å². The lowest BCUT2D eigenvalue weighted by Gasteiger charge is -2.12. The average Bonchev–Trinajstić information content (AvgIpc) is 2.80. The Morgan fingerprint density at radius 1 is 1.08 bits per heavy atom. The van der Waals surface area contributed by atoms with Gasteiger partial charge in [-0.2, -0.15) is 0 Å². The quantitative estimate of drug-likeness (QED) is 0.601. The van der Waals surface area contributed by atoms with Gasteiger partial charge in [0, 0.05) is 24.7 Å². The molecule has 0 atom stereocenters. The van der Waals surface area contributed by atoms with Crippen LogP contribution in [0.3, 0.4) is 0 Å². The van der Waals surface area contributed by atoms with Crippen LogP contribution in [-0.2, 0) is 11.4 Å². The molecule has 2 aromatic carbocycles. The summed E-state index contributed by atoms with van der Waals surface area (Å²) in [5.41, 5.74) is 2.36. The Morgan fingerprint density at radius 2 is 1.76 bits per heavy atom. The number of benzene rings is 2. The van der Waals surface area contributed by atoms with Crippen molar-refractivity contribution in [3.8, 4) is 5.75 Å². The molecule has 1 saturated heterocycles. The molecule has 0 bridgehead atoms. The van der Waals surface area contributed by atoms with Gasteiger partial charge in [-0.3, -0.25) is 9.69 Å². The van der Waals surface area contributed by atoms with Crippen molar-refractivity contribution < 1.29 is 9.53 Å². The van der Waals surface area contributed by atoms with Crippen LogP contribution in [0.2, 0.25) is 5.02 Å². The van der Waals surface area contributed by atoms with Gasteiger partial charge in [0.1, 0.15) is 18.1 Å². The molecule has 1 amide bonds. The van der Waals surface area contributed by atoms with E-state index in [0.717, 1.165) is 11.1 Å². The second-order valence-corrected chi connectivity index (χ2v) is 6.49. The van der Waals surface area contributed by atoms with Crippen LogP contribution in [0.25, 0.3) is 6.08 Å². The molecule has 1 fully saturated rings. The number of hydrogen-bond acceptors (Lipinski definition) is 3. The lowest BCUT2D eigenvalue weighted by molar-refractivity contribution is -0.121. The number of rotatable bonds is 4. The van der Waals surface area contributed by atoms with E-state index >= 15 is 0 Å². The van der Waals surface area contributed by atoms with Crippen molar-refractivity contribution in [3.63, 3.8) is 0 Å². The zero-order valence-electron chi connectivity index (χ0n) is 13.9. The summed E-state index contributed by atoms with van der Waals surface area (Å²) < 4.78 is 5.93. The fourth-order valence-corrected chi connectivity index (χ4v) is 2.82. The monoisotopic (exact) mass is 372 g/mol. The van der Waals surface area contributed by atoms with Crippen molar-refractivity contribution in [1.82, 2.24) is 9.80 Å². The number of carbonyl (C=O) groups excluding carboxylic acids is 1. The molecule has 0 saturated carbocycles. The van der Waals surface area contributed by atoms with Crippen LogP contribution in [0.4, 0.5) is 0 Å². The number of thiocarbonyl (C=S) groups is 1. The molecule has 0 aliphatic carbocycles. The van der Waals surface area contributed by atoms with Crippen LogP contribution < -0.4 is 4.74 Å². The van der Waals surface area contributed by atoms with E-state index < -0.39 is 0 Å². The predicted octanol–water partition coefficient (Wildman–Crippen LogP) is 3.95. The molecule has 4 nitrogen and oxygen atoms in total. The Labute approximate surface area is 157 Å². The highest BCUT2D eigenvalue weighted by atomic mass is 35.5. The Kier molecular flexibility index (Phi) is 5.06. The maximum absolute atomic E-state index is 12.3. The van der Waals surface area contributed by atoms with Gasteiger partial charge in [-0.1, -0.05) is 41.9 Å². The van der Waals surface area contributed by atoms with Crippen LogP contribution in [0.5, 0.6) is 5.75 Å². The zero-order valence-corrected chi connectivity index (χ0v) is 15.5. The van der Waals surface area contributed by atoms with Crippen molar-refractivity contribution in [2.45, 2.75) is 6.61 Å². The highest BCUT2D eigenvalue weighted by molar-refractivity contribution is 7.80. The van der Waals surface area contributed by atoms with Crippen LogP contribution >= 0.6 is 23.8 Å². The number of amides is 1. The maximum atomic E-state index is 12.3. The summed E-state index contributed by atoms with van der Waals surface area (Å²) in [5.74, 6) is 0.576. The van der Waals surface area contributed by atoms with Gasteiger partial charge in [0.05, 0.1) is 0 Å². The lowest BCUT2D eigenvalue weighted by atomic mass is 10.1. The largest absolute Gasteiger partial charge is 0.488 e. The molecule has 25 heavy (non-hydrogen) atoms. The van der Waals surface area contributed by atoms with Crippen LogP contribution in [0, 0.1) is 0 Å². The molecular formula is C19H17ClN2O2S. The summed E-state index contributed by atoms with van der Waals surface area (Å²) in [7, 11) is 3.46. The molecule has 3 rings (SSSR count). The number of nitrogens with zero attached hydrogens (tertiary/aromatic N) is 2. The van der Waals surface area contributed by atoms with Gasteiger partial charge in [0.2, 0.25) is 0 Å². The molecule has 128 valence electrons. The molecule has 6 heteroatoms. The van der Waals surface area contributed by atoms with Gasteiger partial charge in [0.15, 0.2) is 5.11 Å². The van der Waals surface area contributed by atoms with E-state index in [0.29, 0.717) is 28.2 Å². The molecule has 0 N–H and O–H groups in total. The molecular weight excluding hydrogens is 356 g/mol. The fraction of sp³-hybridized carbons (Fsp3) is 0.158. The van der Waals surface area contributed by atoms with Crippen LogP contribution in [0.15, 0.2) is 54.2 Å². The van der Waals surface area contributed by atoms with Gasteiger partial charge in [-0.15, -0.1) is 0 Å².